The standard InChI is InChI=1S/C3H6O3.C2H7N/c1-6-2-3(4)5;1-3-2/h2H2,1H3,(H,4,5);3H,1-2H3. The molecule has 0 unspecified atom stereocenters. The van der Waals surface area contributed by atoms with Gasteiger partial charge in [-0.3, -0.25) is 0 Å². The van der Waals surface area contributed by atoms with Crippen LogP contribution < -0.4 is 5.32 Å². The molecule has 0 fully saturated rings. The molecule has 0 spiro atoms. The minimum atomic E-state index is -0.933. The van der Waals surface area contributed by atoms with E-state index in [0.29, 0.717) is 0 Å². The van der Waals surface area contributed by atoms with Gasteiger partial charge >= 0.3 is 5.97 Å². The molecule has 0 aromatic rings. The molecule has 0 heterocycles. The van der Waals surface area contributed by atoms with Crippen molar-refractivity contribution in [3.63, 3.8) is 0 Å². The molecular formula is C5H13NO3. The van der Waals surface area contributed by atoms with E-state index < -0.39 is 5.97 Å². The molecule has 56 valence electrons. The zero-order valence-corrected chi connectivity index (χ0v) is 5.97. The van der Waals surface area contributed by atoms with Gasteiger partial charge in [0.2, 0.25) is 0 Å². The summed E-state index contributed by atoms with van der Waals surface area (Å²) >= 11 is 0. The molecule has 0 aromatic carbocycles. The van der Waals surface area contributed by atoms with Gasteiger partial charge in [0.15, 0.2) is 0 Å². The predicted octanol–water partition coefficient (Wildman–Crippen LogP) is -0.447. The molecule has 0 radical (unpaired) electrons. The molecule has 0 aliphatic carbocycles. The zero-order valence-electron chi connectivity index (χ0n) is 5.97. The van der Waals surface area contributed by atoms with Crippen molar-refractivity contribution in [1.29, 1.82) is 0 Å². The average molecular weight is 135 g/mol. The average Bonchev–Trinajstić information content (AvgIpc) is 1.67. The lowest BCUT2D eigenvalue weighted by Crippen LogP contribution is -2.02. The van der Waals surface area contributed by atoms with Gasteiger partial charge in [-0.2, -0.15) is 0 Å². The van der Waals surface area contributed by atoms with Gasteiger partial charge < -0.3 is 15.2 Å². The van der Waals surface area contributed by atoms with Crippen LogP contribution in [0, 0.1) is 0 Å². The van der Waals surface area contributed by atoms with E-state index in [1.54, 1.807) is 0 Å². The third kappa shape index (κ3) is 37.6. The molecule has 4 nitrogen and oxygen atoms in total. The number of nitrogens with one attached hydrogen (secondary N) is 1. The smallest absolute Gasteiger partial charge is 0.329 e. The molecule has 0 aliphatic heterocycles. The third-order valence-electron chi connectivity index (χ3n) is 0.268. The van der Waals surface area contributed by atoms with Gasteiger partial charge in [0.1, 0.15) is 6.61 Å². The van der Waals surface area contributed by atoms with Crippen LogP contribution in [0.5, 0.6) is 0 Å². The van der Waals surface area contributed by atoms with Crippen LogP contribution in [0.1, 0.15) is 0 Å². The van der Waals surface area contributed by atoms with Crippen LogP contribution >= 0.6 is 0 Å². The van der Waals surface area contributed by atoms with Gasteiger partial charge in [-0.05, 0) is 14.1 Å². The minimum absolute atomic E-state index is 0.208. The SMILES string of the molecule is CNC.COCC(=O)O. The number of carbonyl (C=O) groups is 1. The van der Waals surface area contributed by atoms with Crippen molar-refractivity contribution in [2.45, 2.75) is 0 Å². The number of hydrogen-bond donors (Lipinski definition) is 2. The molecule has 0 aliphatic rings. The first-order valence-electron chi connectivity index (χ1n) is 2.48. The van der Waals surface area contributed by atoms with Crippen LogP contribution in [0.4, 0.5) is 0 Å². The van der Waals surface area contributed by atoms with E-state index in [-0.39, 0.29) is 6.61 Å². The summed E-state index contributed by atoms with van der Waals surface area (Å²) in [6.45, 7) is -0.208. The molecule has 0 amide bonds. The zero-order chi connectivity index (χ0) is 7.70. The largest absolute Gasteiger partial charge is 0.480 e. The Morgan fingerprint density at radius 2 is 2.00 bits per heavy atom. The van der Waals surface area contributed by atoms with Gasteiger partial charge in [0.05, 0.1) is 0 Å². The third-order valence-corrected chi connectivity index (χ3v) is 0.268. The molecule has 0 saturated heterocycles. The maximum Gasteiger partial charge on any atom is 0.329 e. The molecule has 0 aromatic heterocycles. The van der Waals surface area contributed by atoms with Crippen molar-refractivity contribution >= 4 is 5.97 Å². The van der Waals surface area contributed by atoms with Crippen molar-refractivity contribution in [3.05, 3.63) is 0 Å². The highest BCUT2D eigenvalue weighted by atomic mass is 16.5. The van der Waals surface area contributed by atoms with E-state index in [2.05, 4.69) is 10.1 Å². The summed E-state index contributed by atoms with van der Waals surface area (Å²) in [5.41, 5.74) is 0. The number of carboxylic acids is 1. The summed E-state index contributed by atoms with van der Waals surface area (Å²) in [4.78, 5) is 9.47. The summed E-state index contributed by atoms with van der Waals surface area (Å²) in [5, 5.41) is 10.5. The second-order valence-electron chi connectivity index (χ2n) is 1.33. The summed E-state index contributed by atoms with van der Waals surface area (Å²) in [6.07, 6.45) is 0. The minimum Gasteiger partial charge on any atom is -0.480 e. The van der Waals surface area contributed by atoms with Crippen molar-refractivity contribution in [2.24, 2.45) is 0 Å². The second-order valence-corrected chi connectivity index (χ2v) is 1.33. The Bertz CT molecular complexity index is 65.2. The predicted molar refractivity (Wildman–Crippen MR) is 34.5 cm³/mol. The van der Waals surface area contributed by atoms with Crippen LogP contribution in [0.25, 0.3) is 0 Å². The van der Waals surface area contributed by atoms with Crippen molar-refractivity contribution < 1.29 is 14.6 Å². The van der Waals surface area contributed by atoms with E-state index >= 15 is 0 Å². The van der Waals surface area contributed by atoms with Crippen LogP contribution in [0.3, 0.4) is 0 Å². The summed E-state index contributed by atoms with van der Waals surface area (Å²) in [7, 11) is 5.09. The molecule has 0 atom stereocenters. The first-order valence-corrected chi connectivity index (χ1v) is 2.48. The molecule has 0 rings (SSSR count). The van der Waals surface area contributed by atoms with Crippen molar-refractivity contribution in [1.82, 2.24) is 5.32 Å². The second kappa shape index (κ2) is 10.4. The number of carboxylic acid groups (broad SMARTS) is 1. The topological polar surface area (TPSA) is 58.6 Å². The van der Waals surface area contributed by atoms with E-state index in [9.17, 15) is 4.79 Å². The molecular weight excluding hydrogens is 122 g/mol. The monoisotopic (exact) mass is 135 g/mol. The van der Waals surface area contributed by atoms with Crippen LogP contribution in [0.15, 0.2) is 0 Å². The first kappa shape index (κ1) is 11.2. The number of hydrogen-bond acceptors (Lipinski definition) is 3. The fourth-order valence-electron chi connectivity index (χ4n) is 0.123. The number of methoxy groups -OCH3 is 1. The van der Waals surface area contributed by atoms with E-state index in [1.165, 1.54) is 7.11 Å². The van der Waals surface area contributed by atoms with Crippen molar-refractivity contribution in [2.75, 3.05) is 27.8 Å². The lowest BCUT2D eigenvalue weighted by Gasteiger charge is -1.83. The van der Waals surface area contributed by atoms with Crippen LogP contribution in [0.2, 0.25) is 0 Å². The Hall–Kier alpha value is -0.610. The number of ether oxygens (including phenoxy) is 1. The van der Waals surface area contributed by atoms with Gasteiger partial charge in [-0.15, -0.1) is 0 Å². The fraction of sp³-hybridized carbons (Fsp3) is 0.800. The molecule has 0 saturated carbocycles. The molecule has 2 N–H and O–H groups in total. The van der Waals surface area contributed by atoms with Gasteiger partial charge in [0.25, 0.3) is 0 Å². The lowest BCUT2D eigenvalue weighted by molar-refractivity contribution is -0.141. The molecule has 0 bridgehead atoms. The number of rotatable bonds is 2. The highest BCUT2D eigenvalue weighted by molar-refractivity contribution is 5.67. The first-order chi connectivity index (χ1) is 4.18. The highest BCUT2D eigenvalue weighted by Crippen LogP contribution is 1.61. The van der Waals surface area contributed by atoms with Crippen LogP contribution in [-0.2, 0) is 9.53 Å². The normalized spacial score (nSPS) is 7.44. The van der Waals surface area contributed by atoms with Gasteiger partial charge in [-0.25, -0.2) is 4.79 Å². The van der Waals surface area contributed by atoms with E-state index in [0.717, 1.165) is 0 Å². The Morgan fingerprint density at radius 1 is 1.67 bits per heavy atom. The lowest BCUT2D eigenvalue weighted by atomic mass is 10.8. The van der Waals surface area contributed by atoms with E-state index in [4.69, 9.17) is 5.11 Å². The summed E-state index contributed by atoms with van der Waals surface area (Å²) in [5.74, 6) is -0.933. The Morgan fingerprint density at radius 3 is 2.00 bits per heavy atom. The molecule has 4 heteroatoms. The van der Waals surface area contributed by atoms with Gasteiger partial charge in [-0.1, -0.05) is 0 Å². The highest BCUT2D eigenvalue weighted by Gasteiger charge is 1.87. The Balaban J connectivity index is 0. The summed E-state index contributed by atoms with van der Waals surface area (Å²) < 4.78 is 4.20. The maximum atomic E-state index is 9.47. The van der Waals surface area contributed by atoms with Crippen LogP contribution in [-0.4, -0.2) is 38.9 Å². The van der Waals surface area contributed by atoms with Crippen molar-refractivity contribution in [3.8, 4) is 0 Å². The Kier molecular flexibility index (Phi) is 13.0. The number of aliphatic carboxylic acids is 1. The van der Waals surface area contributed by atoms with Gasteiger partial charge in [0, 0.05) is 7.11 Å². The molecule has 9 heavy (non-hydrogen) atoms. The summed E-state index contributed by atoms with van der Waals surface area (Å²) in [6, 6.07) is 0. The quantitative estimate of drug-likeness (QED) is 0.538. The maximum absolute atomic E-state index is 9.47. The Labute approximate surface area is 54.8 Å². The fourth-order valence-corrected chi connectivity index (χ4v) is 0.123. The van der Waals surface area contributed by atoms with E-state index in [1.807, 2.05) is 14.1 Å².